The third-order valence-corrected chi connectivity index (χ3v) is 5.23. The van der Waals surface area contributed by atoms with Crippen LogP contribution >= 0.6 is 0 Å². The summed E-state index contributed by atoms with van der Waals surface area (Å²) in [6.07, 6.45) is 0.322. The Morgan fingerprint density at radius 2 is 1.92 bits per heavy atom. The average molecular weight is 332 g/mol. The number of benzene rings is 1. The first kappa shape index (κ1) is 16.4. The van der Waals surface area contributed by atoms with E-state index in [0.29, 0.717) is 6.42 Å². The lowest BCUT2D eigenvalue weighted by molar-refractivity contribution is -0.154. The maximum absolute atomic E-state index is 12.6. The van der Waals surface area contributed by atoms with Crippen molar-refractivity contribution in [2.75, 3.05) is 14.2 Å². The third-order valence-electron chi connectivity index (χ3n) is 5.23. The second kappa shape index (κ2) is 5.59. The number of phenols is 1. The van der Waals surface area contributed by atoms with Gasteiger partial charge in [-0.05, 0) is 24.1 Å². The minimum Gasteiger partial charge on any atom is -0.508 e. The van der Waals surface area contributed by atoms with Crippen LogP contribution in [0.4, 0.5) is 0 Å². The largest absolute Gasteiger partial charge is 0.508 e. The molecule has 2 aliphatic heterocycles. The molecule has 0 bridgehead atoms. The number of nitrogens with one attached hydrogen (secondary N) is 1. The van der Waals surface area contributed by atoms with Gasteiger partial charge in [-0.15, -0.1) is 0 Å². The number of amides is 2. The number of esters is 1. The van der Waals surface area contributed by atoms with Crippen LogP contribution in [0.2, 0.25) is 0 Å². The van der Waals surface area contributed by atoms with Crippen molar-refractivity contribution in [2.24, 2.45) is 11.8 Å². The van der Waals surface area contributed by atoms with E-state index in [1.54, 1.807) is 19.1 Å². The molecule has 2 fully saturated rings. The van der Waals surface area contributed by atoms with Crippen molar-refractivity contribution >= 4 is 17.8 Å². The van der Waals surface area contributed by atoms with E-state index in [4.69, 9.17) is 4.74 Å². The topological polar surface area (TPSA) is 95.9 Å². The van der Waals surface area contributed by atoms with Crippen LogP contribution in [0.5, 0.6) is 5.75 Å². The number of likely N-dealkylation sites (tertiary alicyclic amines) is 1. The molecule has 0 saturated carbocycles. The van der Waals surface area contributed by atoms with Crippen LogP contribution in [-0.4, -0.2) is 47.5 Å². The molecular weight excluding hydrogens is 312 g/mol. The Morgan fingerprint density at radius 1 is 1.29 bits per heavy atom. The Kier molecular flexibility index (Phi) is 3.83. The SMILES string of the molecule is CC[C@]1(C(=O)OC)N[C@@H](c2ccc(O)cc2)[C@H]2C(=O)N(C)C(=O)[C@@H]21. The summed E-state index contributed by atoms with van der Waals surface area (Å²) in [4.78, 5) is 38.9. The first-order chi connectivity index (χ1) is 11.4. The molecule has 2 saturated heterocycles. The van der Waals surface area contributed by atoms with Crippen LogP contribution in [0.25, 0.3) is 0 Å². The molecule has 24 heavy (non-hydrogen) atoms. The zero-order chi connectivity index (χ0) is 17.6. The lowest BCUT2D eigenvalue weighted by Gasteiger charge is -2.30. The minimum absolute atomic E-state index is 0.106. The van der Waals surface area contributed by atoms with Crippen molar-refractivity contribution in [1.29, 1.82) is 0 Å². The fourth-order valence-electron chi connectivity index (χ4n) is 3.95. The number of rotatable bonds is 3. The number of hydrogen-bond acceptors (Lipinski definition) is 6. The highest BCUT2D eigenvalue weighted by Crippen LogP contribution is 2.50. The Balaban J connectivity index is 2.12. The fourth-order valence-corrected chi connectivity index (χ4v) is 3.95. The molecular formula is C17H20N2O5. The van der Waals surface area contributed by atoms with Crippen LogP contribution < -0.4 is 5.32 Å². The van der Waals surface area contributed by atoms with Crippen molar-refractivity contribution in [3.8, 4) is 5.75 Å². The molecule has 2 heterocycles. The van der Waals surface area contributed by atoms with Crippen molar-refractivity contribution in [3.05, 3.63) is 29.8 Å². The van der Waals surface area contributed by atoms with Gasteiger partial charge in [0.2, 0.25) is 11.8 Å². The maximum Gasteiger partial charge on any atom is 0.326 e. The summed E-state index contributed by atoms with van der Waals surface area (Å²) < 4.78 is 4.94. The van der Waals surface area contributed by atoms with Crippen molar-refractivity contribution in [1.82, 2.24) is 10.2 Å². The number of nitrogens with zero attached hydrogens (tertiary/aromatic N) is 1. The molecule has 2 aliphatic rings. The van der Waals surface area contributed by atoms with Gasteiger partial charge in [-0.1, -0.05) is 19.1 Å². The lowest BCUT2D eigenvalue weighted by Crippen LogP contribution is -2.55. The Hall–Kier alpha value is -2.41. The highest BCUT2D eigenvalue weighted by Gasteiger charge is 2.67. The monoisotopic (exact) mass is 332 g/mol. The van der Waals surface area contributed by atoms with Gasteiger partial charge in [0.25, 0.3) is 0 Å². The summed E-state index contributed by atoms with van der Waals surface area (Å²) in [5.74, 6) is -2.59. The van der Waals surface area contributed by atoms with E-state index < -0.39 is 29.4 Å². The first-order valence-electron chi connectivity index (χ1n) is 7.83. The fraction of sp³-hybridized carbons (Fsp3) is 0.471. The summed E-state index contributed by atoms with van der Waals surface area (Å²) in [7, 11) is 2.71. The molecule has 0 aromatic heterocycles. The number of aromatic hydroxyl groups is 1. The van der Waals surface area contributed by atoms with E-state index in [1.165, 1.54) is 26.3 Å². The van der Waals surface area contributed by atoms with Crippen LogP contribution in [0.1, 0.15) is 24.9 Å². The normalized spacial score (nSPS) is 32.1. The smallest absolute Gasteiger partial charge is 0.326 e. The Morgan fingerprint density at radius 3 is 2.46 bits per heavy atom. The van der Waals surface area contributed by atoms with Crippen molar-refractivity contribution in [2.45, 2.75) is 24.9 Å². The van der Waals surface area contributed by atoms with Gasteiger partial charge in [0.1, 0.15) is 11.3 Å². The molecule has 2 amide bonds. The molecule has 4 atom stereocenters. The molecule has 0 unspecified atom stereocenters. The second-order valence-electron chi connectivity index (χ2n) is 6.27. The molecule has 0 radical (unpaired) electrons. The van der Waals surface area contributed by atoms with Gasteiger partial charge in [-0.3, -0.25) is 24.6 Å². The van der Waals surface area contributed by atoms with Crippen LogP contribution in [-0.2, 0) is 19.1 Å². The summed E-state index contributed by atoms with van der Waals surface area (Å²) in [6, 6.07) is 5.89. The van der Waals surface area contributed by atoms with E-state index in [-0.39, 0.29) is 17.6 Å². The van der Waals surface area contributed by atoms with Gasteiger partial charge in [0.15, 0.2) is 0 Å². The van der Waals surface area contributed by atoms with E-state index in [9.17, 15) is 19.5 Å². The highest BCUT2D eigenvalue weighted by atomic mass is 16.5. The number of carbonyl (C=O) groups excluding carboxylic acids is 3. The van der Waals surface area contributed by atoms with Crippen molar-refractivity contribution in [3.63, 3.8) is 0 Å². The Bertz CT molecular complexity index is 701. The molecule has 3 rings (SSSR count). The number of phenolic OH excluding ortho intramolecular Hbond substituents is 1. The minimum atomic E-state index is -1.24. The molecule has 7 heteroatoms. The van der Waals surface area contributed by atoms with Gasteiger partial charge in [0, 0.05) is 13.1 Å². The quantitative estimate of drug-likeness (QED) is 0.621. The predicted molar refractivity (Wildman–Crippen MR) is 83.8 cm³/mol. The van der Waals surface area contributed by atoms with E-state index >= 15 is 0 Å². The number of hydrogen-bond donors (Lipinski definition) is 2. The standard InChI is InChI=1S/C17H20N2O5/c1-4-17(16(23)24-3)12-11(14(21)19(2)15(12)22)13(18-17)9-5-7-10(20)8-6-9/h5-8,11-13,18,20H,4H2,1-3H3/t11-,12+,13-,17-/m0/s1. The molecule has 0 spiro atoms. The van der Waals surface area contributed by atoms with E-state index in [2.05, 4.69) is 5.32 Å². The zero-order valence-electron chi connectivity index (χ0n) is 13.8. The number of methoxy groups -OCH3 is 1. The summed E-state index contributed by atoms with van der Waals surface area (Å²) in [6.45, 7) is 1.79. The van der Waals surface area contributed by atoms with E-state index in [0.717, 1.165) is 10.5 Å². The number of ether oxygens (including phenoxy) is 1. The number of imide groups is 1. The van der Waals surface area contributed by atoms with Gasteiger partial charge in [-0.2, -0.15) is 0 Å². The number of carbonyl (C=O) groups is 3. The van der Waals surface area contributed by atoms with Gasteiger partial charge >= 0.3 is 5.97 Å². The molecule has 1 aromatic carbocycles. The zero-order valence-corrected chi connectivity index (χ0v) is 13.8. The summed E-state index contributed by atoms with van der Waals surface area (Å²) >= 11 is 0. The summed E-state index contributed by atoms with van der Waals surface area (Å²) in [5, 5.41) is 12.7. The number of fused-ring (bicyclic) bond motifs is 1. The van der Waals surface area contributed by atoms with Crippen LogP contribution in [0.3, 0.4) is 0 Å². The molecule has 7 nitrogen and oxygen atoms in total. The maximum atomic E-state index is 12.6. The van der Waals surface area contributed by atoms with Gasteiger partial charge in [-0.25, -0.2) is 0 Å². The molecule has 0 aliphatic carbocycles. The third kappa shape index (κ3) is 2.04. The van der Waals surface area contributed by atoms with Crippen LogP contribution in [0, 0.1) is 11.8 Å². The first-order valence-corrected chi connectivity index (χ1v) is 7.83. The molecule has 1 aromatic rings. The lowest BCUT2D eigenvalue weighted by atomic mass is 9.78. The molecule has 128 valence electrons. The average Bonchev–Trinajstić information content (AvgIpc) is 3.05. The highest BCUT2D eigenvalue weighted by molar-refractivity contribution is 6.09. The van der Waals surface area contributed by atoms with Crippen molar-refractivity contribution < 1.29 is 24.2 Å². The van der Waals surface area contributed by atoms with Gasteiger partial charge < -0.3 is 9.84 Å². The van der Waals surface area contributed by atoms with Gasteiger partial charge in [0.05, 0.1) is 18.9 Å². The second-order valence-corrected chi connectivity index (χ2v) is 6.27. The summed E-state index contributed by atoms with van der Waals surface area (Å²) in [5.41, 5.74) is -0.502. The predicted octanol–water partition coefficient (Wildman–Crippen LogP) is 0.589. The molecule has 2 N–H and O–H groups in total. The Labute approximate surface area is 139 Å². The van der Waals surface area contributed by atoms with Crippen LogP contribution in [0.15, 0.2) is 24.3 Å². The van der Waals surface area contributed by atoms with E-state index in [1.807, 2.05) is 0 Å².